The number of carboxylic acid groups (broad SMARTS) is 1. The first-order valence-corrected chi connectivity index (χ1v) is 6.75. The zero-order valence-electron chi connectivity index (χ0n) is 10.1. The van der Waals surface area contributed by atoms with Gasteiger partial charge in [0.25, 0.3) is 0 Å². The van der Waals surface area contributed by atoms with Crippen LogP contribution in [0.25, 0.3) is 0 Å². The Balaban J connectivity index is 3.07. The predicted octanol–water partition coefficient (Wildman–Crippen LogP) is 1.21. The first-order valence-electron chi connectivity index (χ1n) is 5.26. The van der Waals surface area contributed by atoms with Gasteiger partial charge in [-0.05, 0) is 25.1 Å². The first kappa shape index (κ1) is 15.1. The highest BCUT2D eigenvalue weighted by Gasteiger charge is 2.20. The smallest absolute Gasteiger partial charge is 0.338 e. The summed E-state index contributed by atoms with van der Waals surface area (Å²) in [5.41, 5.74) is -0.587. The van der Waals surface area contributed by atoms with Gasteiger partial charge in [-0.3, -0.25) is 0 Å². The number of hydrogen-bond donors (Lipinski definition) is 2. The van der Waals surface area contributed by atoms with Crippen molar-refractivity contribution in [3.05, 3.63) is 29.6 Å². The van der Waals surface area contributed by atoms with E-state index in [0.717, 1.165) is 12.1 Å². The van der Waals surface area contributed by atoms with Crippen LogP contribution in [0.1, 0.15) is 23.7 Å². The summed E-state index contributed by atoms with van der Waals surface area (Å²) in [6.45, 7) is 1.57. The van der Waals surface area contributed by atoms with Crippen molar-refractivity contribution in [2.75, 3.05) is 0 Å². The highest BCUT2D eigenvalue weighted by Crippen LogP contribution is 2.15. The molecule has 0 heterocycles. The minimum absolute atomic E-state index is 0.189. The van der Waals surface area contributed by atoms with E-state index in [1.165, 1.54) is 0 Å². The summed E-state index contributed by atoms with van der Waals surface area (Å²) < 4.78 is 39.4. The molecule has 102 valence electrons. The van der Waals surface area contributed by atoms with Crippen LogP contribution in [0.2, 0.25) is 0 Å². The van der Waals surface area contributed by atoms with Gasteiger partial charge in [-0.25, -0.2) is 22.3 Å². The van der Waals surface area contributed by atoms with E-state index in [9.17, 15) is 17.6 Å². The van der Waals surface area contributed by atoms with E-state index in [1.54, 1.807) is 6.92 Å². The Morgan fingerprint density at radius 3 is 2.68 bits per heavy atom. The maximum atomic E-state index is 13.4. The van der Waals surface area contributed by atoms with Gasteiger partial charge in [-0.2, -0.15) is 0 Å². The predicted molar refractivity (Wildman–Crippen MR) is 66.6 cm³/mol. The third-order valence-corrected chi connectivity index (χ3v) is 3.85. The van der Waals surface area contributed by atoms with Gasteiger partial charge in [0.05, 0.1) is 10.5 Å². The fourth-order valence-electron chi connectivity index (χ4n) is 1.39. The van der Waals surface area contributed by atoms with Crippen LogP contribution in [-0.2, 0) is 10.0 Å². The number of hydrogen-bond acceptors (Lipinski definition) is 3. The molecule has 5 nitrogen and oxygen atoms in total. The fraction of sp³-hybridized carbons (Fsp3) is 0.250. The number of carbonyl (C=O) groups is 1. The Labute approximate surface area is 110 Å². The minimum atomic E-state index is -3.93. The molecule has 1 aromatic rings. The van der Waals surface area contributed by atoms with E-state index < -0.39 is 33.4 Å². The standard InChI is InChI=1S/C12H12FNO4S/c1-3-4-8(2)14-19(17,18)9-5-6-10(12(15)16)11(13)7-9/h1,5-8,14H,4H2,2H3,(H,15,16). The van der Waals surface area contributed by atoms with Crippen LogP contribution in [0, 0.1) is 18.2 Å². The zero-order chi connectivity index (χ0) is 14.6. The van der Waals surface area contributed by atoms with Gasteiger partial charge in [0.2, 0.25) is 10.0 Å². The molecule has 1 unspecified atom stereocenters. The molecule has 0 aliphatic carbocycles. The molecular weight excluding hydrogens is 273 g/mol. The van der Waals surface area contributed by atoms with Crippen LogP contribution in [-0.4, -0.2) is 25.5 Å². The molecule has 1 aromatic carbocycles. The number of benzene rings is 1. The summed E-state index contributed by atoms with van der Waals surface area (Å²) >= 11 is 0. The molecule has 7 heteroatoms. The van der Waals surface area contributed by atoms with Crippen molar-refractivity contribution >= 4 is 16.0 Å². The second-order valence-corrected chi connectivity index (χ2v) is 5.59. The van der Waals surface area contributed by atoms with Crippen molar-refractivity contribution in [2.45, 2.75) is 24.3 Å². The van der Waals surface area contributed by atoms with E-state index in [2.05, 4.69) is 10.6 Å². The second kappa shape index (κ2) is 5.82. The number of sulfonamides is 1. The van der Waals surface area contributed by atoms with Crippen molar-refractivity contribution < 1.29 is 22.7 Å². The lowest BCUT2D eigenvalue weighted by atomic mass is 10.2. The van der Waals surface area contributed by atoms with Crippen LogP contribution in [0.5, 0.6) is 0 Å². The lowest BCUT2D eigenvalue weighted by Gasteiger charge is -2.12. The number of aromatic carboxylic acids is 1. The lowest BCUT2D eigenvalue weighted by Crippen LogP contribution is -2.32. The van der Waals surface area contributed by atoms with Gasteiger partial charge in [0, 0.05) is 12.5 Å². The minimum Gasteiger partial charge on any atom is -0.478 e. The summed E-state index contributed by atoms with van der Waals surface area (Å²) in [4.78, 5) is 10.3. The fourth-order valence-corrected chi connectivity index (χ4v) is 2.64. The van der Waals surface area contributed by atoms with Crippen LogP contribution < -0.4 is 4.72 Å². The van der Waals surface area contributed by atoms with E-state index in [0.29, 0.717) is 6.07 Å². The molecule has 0 bridgehead atoms. The van der Waals surface area contributed by atoms with Gasteiger partial charge >= 0.3 is 5.97 Å². The maximum Gasteiger partial charge on any atom is 0.338 e. The van der Waals surface area contributed by atoms with Crippen molar-refractivity contribution in [3.8, 4) is 12.3 Å². The van der Waals surface area contributed by atoms with E-state index >= 15 is 0 Å². The largest absolute Gasteiger partial charge is 0.478 e. The van der Waals surface area contributed by atoms with Crippen molar-refractivity contribution in [1.29, 1.82) is 0 Å². The Kier molecular flexibility index (Phi) is 4.64. The van der Waals surface area contributed by atoms with Gasteiger partial charge < -0.3 is 5.11 Å². The molecule has 1 atom stereocenters. The highest BCUT2D eigenvalue weighted by atomic mass is 32.2. The van der Waals surface area contributed by atoms with E-state index in [-0.39, 0.29) is 11.3 Å². The highest BCUT2D eigenvalue weighted by molar-refractivity contribution is 7.89. The average molecular weight is 285 g/mol. The number of terminal acetylenes is 1. The summed E-state index contributed by atoms with van der Waals surface area (Å²) in [5.74, 6) is -0.276. The monoisotopic (exact) mass is 285 g/mol. The lowest BCUT2D eigenvalue weighted by molar-refractivity contribution is 0.0691. The van der Waals surface area contributed by atoms with Gasteiger partial charge in [-0.15, -0.1) is 12.3 Å². The van der Waals surface area contributed by atoms with Gasteiger partial charge in [0.1, 0.15) is 5.82 Å². The molecule has 0 saturated heterocycles. The molecule has 0 amide bonds. The summed E-state index contributed by atoms with van der Waals surface area (Å²) in [7, 11) is -3.93. The first-order chi connectivity index (χ1) is 8.77. The van der Waals surface area contributed by atoms with Crippen LogP contribution in [0.3, 0.4) is 0 Å². The zero-order valence-corrected chi connectivity index (χ0v) is 10.9. The Bertz CT molecular complexity index is 634. The topological polar surface area (TPSA) is 83.5 Å². The SMILES string of the molecule is C#CCC(C)NS(=O)(=O)c1ccc(C(=O)O)c(F)c1. The number of halogens is 1. The molecular formula is C12H12FNO4S. The third-order valence-electron chi connectivity index (χ3n) is 2.26. The summed E-state index contributed by atoms with van der Waals surface area (Å²) in [6, 6.07) is 2.08. The molecule has 1 rings (SSSR count). The molecule has 0 aliphatic rings. The summed E-state index contributed by atoms with van der Waals surface area (Å²) in [5, 5.41) is 8.65. The quantitative estimate of drug-likeness (QED) is 0.797. The van der Waals surface area contributed by atoms with Crippen LogP contribution in [0.4, 0.5) is 4.39 Å². The Morgan fingerprint density at radius 2 is 2.21 bits per heavy atom. The van der Waals surface area contributed by atoms with Crippen molar-refractivity contribution in [2.24, 2.45) is 0 Å². The summed E-state index contributed by atoms with van der Waals surface area (Å²) in [6.07, 6.45) is 5.24. The molecule has 0 aromatic heterocycles. The Morgan fingerprint density at radius 1 is 1.58 bits per heavy atom. The number of rotatable bonds is 5. The average Bonchev–Trinajstić information content (AvgIpc) is 2.27. The molecule has 0 aliphatic heterocycles. The van der Waals surface area contributed by atoms with Crippen LogP contribution in [0.15, 0.2) is 23.1 Å². The molecule has 0 saturated carbocycles. The van der Waals surface area contributed by atoms with E-state index in [1.807, 2.05) is 0 Å². The molecule has 0 fully saturated rings. The second-order valence-electron chi connectivity index (χ2n) is 3.88. The molecule has 0 spiro atoms. The molecule has 19 heavy (non-hydrogen) atoms. The van der Waals surface area contributed by atoms with Crippen LogP contribution >= 0.6 is 0 Å². The Hall–Kier alpha value is -1.91. The van der Waals surface area contributed by atoms with Crippen molar-refractivity contribution in [3.63, 3.8) is 0 Å². The third kappa shape index (κ3) is 3.77. The molecule has 2 N–H and O–H groups in total. The maximum absolute atomic E-state index is 13.4. The number of nitrogens with one attached hydrogen (secondary N) is 1. The van der Waals surface area contributed by atoms with E-state index in [4.69, 9.17) is 11.5 Å². The van der Waals surface area contributed by atoms with Crippen molar-refractivity contribution in [1.82, 2.24) is 4.72 Å². The molecule has 0 radical (unpaired) electrons. The number of carboxylic acids is 1. The van der Waals surface area contributed by atoms with Gasteiger partial charge in [-0.1, -0.05) is 0 Å². The van der Waals surface area contributed by atoms with Gasteiger partial charge in [0.15, 0.2) is 0 Å². The normalized spacial score (nSPS) is 12.7.